The number of rotatable bonds is 4. The summed E-state index contributed by atoms with van der Waals surface area (Å²) in [7, 11) is 0. The van der Waals surface area contributed by atoms with Crippen molar-refractivity contribution in [3.05, 3.63) is 35.9 Å². The minimum atomic E-state index is -0.471. The molecule has 1 rings (SSSR count). The highest BCUT2D eigenvalue weighted by Crippen LogP contribution is 2.37. The van der Waals surface area contributed by atoms with Gasteiger partial charge in [0.05, 0.1) is 5.41 Å². The third-order valence-electron chi connectivity index (χ3n) is 3.24. The lowest BCUT2D eigenvalue weighted by Gasteiger charge is -2.35. The van der Waals surface area contributed by atoms with Crippen molar-refractivity contribution in [2.45, 2.75) is 33.1 Å². The molecule has 0 spiro atoms. The Hall–Kier alpha value is -1.11. The minimum absolute atomic E-state index is 0.261. The SMILES string of the molecule is CC(C)C([C]=O)(c1ccccc1)C(C)C. The maximum absolute atomic E-state index is 11.4. The standard InChI is InChI=1S/C14H19O/c1-11(2)14(10-15,12(3)4)13-8-6-5-7-9-13/h5-9,11-12H,1-4H3. The molecule has 81 valence electrons. The molecule has 0 aliphatic heterocycles. The van der Waals surface area contributed by atoms with E-state index in [1.807, 2.05) is 30.3 Å². The molecule has 0 N–H and O–H groups in total. The van der Waals surface area contributed by atoms with E-state index in [1.165, 1.54) is 0 Å². The highest BCUT2D eigenvalue weighted by Gasteiger charge is 2.39. The molecule has 0 atom stereocenters. The van der Waals surface area contributed by atoms with Gasteiger partial charge in [0.1, 0.15) is 0 Å². The first-order valence-electron chi connectivity index (χ1n) is 5.50. The molecule has 1 aromatic carbocycles. The Kier molecular flexibility index (Phi) is 3.67. The Bertz CT molecular complexity index is 303. The fraction of sp³-hybridized carbons (Fsp3) is 0.500. The van der Waals surface area contributed by atoms with Crippen molar-refractivity contribution >= 4 is 6.29 Å². The summed E-state index contributed by atoms with van der Waals surface area (Å²) in [6.45, 7) is 8.32. The molecular weight excluding hydrogens is 184 g/mol. The van der Waals surface area contributed by atoms with Crippen molar-refractivity contribution in [1.29, 1.82) is 0 Å². The summed E-state index contributed by atoms with van der Waals surface area (Å²) in [5, 5.41) is 0. The van der Waals surface area contributed by atoms with Crippen LogP contribution in [0.15, 0.2) is 30.3 Å². The molecule has 1 aromatic rings. The van der Waals surface area contributed by atoms with Gasteiger partial charge in [0.15, 0.2) is 0 Å². The molecule has 0 fully saturated rings. The fourth-order valence-corrected chi connectivity index (χ4v) is 2.34. The molecule has 0 saturated carbocycles. The number of hydrogen-bond acceptors (Lipinski definition) is 1. The molecule has 1 radical (unpaired) electrons. The maximum Gasteiger partial charge on any atom is 0.210 e. The number of hydrogen-bond donors (Lipinski definition) is 0. The Morgan fingerprint density at radius 3 is 1.80 bits per heavy atom. The van der Waals surface area contributed by atoms with Crippen molar-refractivity contribution in [2.75, 3.05) is 0 Å². The average molecular weight is 203 g/mol. The monoisotopic (exact) mass is 203 g/mol. The minimum Gasteiger partial charge on any atom is -0.290 e. The number of carbonyl (C=O) groups excluding carboxylic acids is 1. The Morgan fingerprint density at radius 1 is 1.00 bits per heavy atom. The smallest absolute Gasteiger partial charge is 0.210 e. The van der Waals surface area contributed by atoms with Gasteiger partial charge in [-0.3, -0.25) is 4.79 Å². The summed E-state index contributed by atoms with van der Waals surface area (Å²) in [4.78, 5) is 11.4. The van der Waals surface area contributed by atoms with E-state index in [9.17, 15) is 4.79 Å². The van der Waals surface area contributed by atoms with Crippen LogP contribution in [0.2, 0.25) is 0 Å². The highest BCUT2D eigenvalue weighted by molar-refractivity contribution is 5.70. The molecule has 0 amide bonds. The molecule has 0 saturated heterocycles. The third kappa shape index (κ3) is 1.97. The van der Waals surface area contributed by atoms with Crippen molar-refractivity contribution in [2.24, 2.45) is 11.8 Å². The van der Waals surface area contributed by atoms with Crippen LogP contribution in [0.5, 0.6) is 0 Å². The van der Waals surface area contributed by atoms with Gasteiger partial charge in [-0.2, -0.15) is 0 Å². The van der Waals surface area contributed by atoms with Crippen molar-refractivity contribution < 1.29 is 4.79 Å². The zero-order valence-corrected chi connectivity index (χ0v) is 9.95. The zero-order valence-electron chi connectivity index (χ0n) is 9.95. The fourth-order valence-electron chi connectivity index (χ4n) is 2.34. The van der Waals surface area contributed by atoms with Crippen LogP contribution >= 0.6 is 0 Å². The molecular formula is C14H19O. The van der Waals surface area contributed by atoms with Gasteiger partial charge in [-0.15, -0.1) is 0 Å². The van der Waals surface area contributed by atoms with Gasteiger partial charge in [0, 0.05) is 0 Å². The van der Waals surface area contributed by atoms with E-state index in [0.29, 0.717) is 0 Å². The van der Waals surface area contributed by atoms with Crippen LogP contribution in [0, 0.1) is 11.8 Å². The summed E-state index contributed by atoms with van der Waals surface area (Å²) in [6, 6.07) is 9.97. The molecule has 0 heterocycles. The third-order valence-corrected chi connectivity index (χ3v) is 3.24. The van der Waals surface area contributed by atoms with E-state index in [4.69, 9.17) is 0 Å². The highest BCUT2D eigenvalue weighted by atomic mass is 16.1. The van der Waals surface area contributed by atoms with Gasteiger partial charge in [0.25, 0.3) is 0 Å². The van der Waals surface area contributed by atoms with Gasteiger partial charge in [-0.1, -0.05) is 58.0 Å². The van der Waals surface area contributed by atoms with Crippen LogP contribution < -0.4 is 0 Å². The van der Waals surface area contributed by atoms with Gasteiger partial charge < -0.3 is 0 Å². The number of benzene rings is 1. The quantitative estimate of drug-likeness (QED) is 0.733. The summed E-state index contributed by atoms with van der Waals surface area (Å²) < 4.78 is 0. The van der Waals surface area contributed by atoms with Gasteiger partial charge in [0.2, 0.25) is 6.29 Å². The molecule has 0 aliphatic carbocycles. The van der Waals surface area contributed by atoms with Crippen molar-refractivity contribution in [1.82, 2.24) is 0 Å². The Labute approximate surface area is 92.5 Å². The predicted molar refractivity (Wildman–Crippen MR) is 63.5 cm³/mol. The van der Waals surface area contributed by atoms with Crippen molar-refractivity contribution in [3.63, 3.8) is 0 Å². The van der Waals surface area contributed by atoms with E-state index >= 15 is 0 Å². The first kappa shape index (κ1) is 12.0. The lowest BCUT2D eigenvalue weighted by molar-refractivity contribution is 0.297. The molecule has 1 nitrogen and oxygen atoms in total. The van der Waals surface area contributed by atoms with E-state index in [-0.39, 0.29) is 11.8 Å². The predicted octanol–water partition coefficient (Wildman–Crippen LogP) is 3.35. The lowest BCUT2D eigenvalue weighted by Crippen LogP contribution is -2.39. The summed E-state index contributed by atoms with van der Waals surface area (Å²) in [5.41, 5.74) is 0.603. The van der Waals surface area contributed by atoms with Crippen LogP contribution in [0.1, 0.15) is 33.3 Å². The largest absolute Gasteiger partial charge is 0.290 e. The molecule has 0 aromatic heterocycles. The zero-order chi connectivity index (χ0) is 11.5. The van der Waals surface area contributed by atoms with Crippen molar-refractivity contribution in [3.8, 4) is 0 Å². The molecule has 0 bridgehead atoms. The summed E-state index contributed by atoms with van der Waals surface area (Å²) >= 11 is 0. The first-order valence-corrected chi connectivity index (χ1v) is 5.50. The second-order valence-corrected chi connectivity index (χ2v) is 4.65. The lowest BCUT2D eigenvalue weighted by atomic mass is 9.66. The normalized spacial score (nSPS) is 12.1. The topological polar surface area (TPSA) is 17.1 Å². The second kappa shape index (κ2) is 4.61. The van der Waals surface area contributed by atoms with Crippen LogP contribution in [-0.2, 0) is 10.2 Å². The first-order chi connectivity index (χ1) is 7.05. The van der Waals surface area contributed by atoms with Crippen LogP contribution in [0.4, 0.5) is 0 Å². The second-order valence-electron chi connectivity index (χ2n) is 4.65. The average Bonchev–Trinajstić information content (AvgIpc) is 2.20. The Morgan fingerprint density at radius 2 is 1.47 bits per heavy atom. The van der Waals surface area contributed by atoms with Gasteiger partial charge in [-0.25, -0.2) is 0 Å². The molecule has 0 unspecified atom stereocenters. The molecule has 15 heavy (non-hydrogen) atoms. The molecule has 0 aliphatic rings. The van der Waals surface area contributed by atoms with Gasteiger partial charge in [-0.05, 0) is 17.4 Å². The molecule has 1 heteroatoms. The van der Waals surface area contributed by atoms with Gasteiger partial charge >= 0.3 is 0 Å². The van der Waals surface area contributed by atoms with E-state index in [2.05, 4.69) is 34.0 Å². The summed E-state index contributed by atoms with van der Waals surface area (Å²) in [6.07, 6.45) is 2.28. The van der Waals surface area contributed by atoms with E-state index in [0.717, 1.165) is 5.56 Å². The van der Waals surface area contributed by atoms with Crippen LogP contribution in [0.3, 0.4) is 0 Å². The van der Waals surface area contributed by atoms with Crippen LogP contribution in [0.25, 0.3) is 0 Å². The van der Waals surface area contributed by atoms with E-state index in [1.54, 1.807) is 0 Å². The maximum atomic E-state index is 11.4. The Balaban J connectivity index is 3.28. The van der Waals surface area contributed by atoms with Crippen LogP contribution in [-0.4, -0.2) is 6.29 Å². The summed E-state index contributed by atoms with van der Waals surface area (Å²) in [5.74, 6) is 0.523. The van der Waals surface area contributed by atoms with E-state index < -0.39 is 5.41 Å².